The lowest BCUT2D eigenvalue weighted by Gasteiger charge is -2.08. The van der Waals surface area contributed by atoms with E-state index < -0.39 is 0 Å². The van der Waals surface area contributed by atoms with Crippen molar-refractivity contribution >= 4 is 39.0 Å². The molecule has 0 saturated carbocycles. The van der Waals surface area contributed by atoms with E-state index in [4.69, 9.17) is 0 Å². The predicted molar refractivity (Wildman–Crippen MR) is 101 cm³/mol. The summed E-state index contributed by atoms with van der Waals surface area (Å²) < 4.78 is 1.03. The number of halogens is 1. The fraction of sp³-hybridized carbons (Fsp3) is 0.0526. The number of amides is 1. The van der Waals surface area contributed by atoms with Crippen LogP contribution in [0.25, 0.3) is 0 Å². The molecule has 3 rings (SSSR count). The van der Waals surface area contributed by atoms with Crippen molar-refractivity contribution < 1.29 is 4.79 Å². The summed E-state index contributed by atoms with van der Waals surface area (Å²) in [6.07, 6.45) is 1.56. The second-order valence-electron chi connectivity index (χ2n) is 5.34. The molecule has 120 valence electrons. The highest BCUT2D eigenvalue weighted by atomic mass is 79.9. The number of aromatic nitrogens is 1. The van der Waals surface area contributed by atoms with Gasteiger partial charge >= 0.3 is 0 Å². The Morgan fingerprint density at radius 2 is 1.79 bits per heavy atom. The molecule has 0 atom stereocenters. The number of pyridine rings is 1. The van der Waals surface area contributed by atoms with E-state index in [2.05, 4.69) is 31.5 Å². The lowest BCUT2D eigenvalue weighted by molar-refractivity contribution is 0.102. The first kappa shape index (κ1) is 16.2. The molecule has 2 N–H and O–H groups in total. The molecule has 0 aliphatic carbocycles. The van der Waals surface area contributed by atoms with Crippen LogP contribution in [0.1, 0.15) is 15.9 Å². The molecule has 1 heterocycles. The van der Waals surface area contributed by atoms with Gasteiger partial charge in [-0.05, 0) is 48.9 Å². The van der Waals surface area contributed by atoms with Crippen LogP contribution in [-0.2, 0) is 0 Å². The Balaban J connectivity index is 1.68. The highest BCUT2D eigenvalue weighted by Gasteiger charge is 2.07. The van der Waals surface area contributed by atoms with Gasteiger partial charge in [0.1, 0.15) is 5.82 Å². The molecule has 1 aromatic heterocycles. The van der Waals surface area contributed by atoms with Gasteiger partial charge in [-0.3, -0.25) is 4.79 Å². The molecule has 2 aromatic carbocycles. The standard InChI is InChI=1S/C19H16BrN3O/c1-13-7-9-16(11-17(13)20)22-18-10-8-14(12-21-18)19(24)23-15-5-3-2-4-6-15/h2-12H,1H3,(H,21,22)(H,23,24). The van der Waals surface area contributed by atoms with Crippen LogP contribution in [0, 0.1) is 6.92 Å². The van der Waals surface area contributed by atoms with E-state index >= 15 is 0 Å². The molecule has 0 saturated heterocycles. The molecule has 0 fully saturated rings. The number of anilines is 3. The van der Waals surface area contributed by atoms with Crippen molar-refractivity contribution in [3.8, 4) is 0 Å². The van der Waals surface area contributed by atoms with E-state index in [1.807, 2.05) is 55.5 Å². The van der Waals surface area contributed by atoms with E-state index in [1.54, 1.807) is 18.3 Å². The summed E-state index contributed by atoms with van der Waals surface area (Å²) >= 11 is 3.51. The maximum Gasteiger partial charge on any atom is 0.257 e. The Morgan fingerprint density at radius 1 is 1.00 bits per heavy atom. The largest absolute Gasteiger partial charge is 0.340 e. The number of nitrogens with zero attached hydrogens (tertiary/aromatic N) is 1. The molecule has 24 heavy (non-hydrogen) atoms. The maximum atomic E-state index is 12.2. The van der Waals surface area contributed by atoms with E-state index in [-0.39, 0.29) is 5.91 Å². The SMILES string of the molecule is Cc1ccc(Nc2ccc(C(=O)Nc3ccccc3)cn2)cc1Br. The van der Waals surface area contributed by atoms with Gasteiger partial charge in [0.05, 0.1) is 5.56 Å². The molecule has 4 nitrogen and oxygen atoms in total. The zero-order valence-corrected chi connectivity index (χ0v) is 14.7. The van der Waals surface area contributed by atoms with Gasteiger partial charge in [-0.1, -0.05) is 40.2 Å². The monoisotopic (exact) mass is 381 g/mol. The fourth-order valence-corrected chi connectivity index (χ4v) is 2.52. The van der Waals surface area contributed by atoms with Gasteiger partial charge < -0.3 is 10.6 Å². The number of carbonyl (C=O) groups is 1. The highest BCUT2D eigenvalue weighted by molar-refractivity contribution is 9.10. The summed E-state index contributed by atoms with van der Waals surface area (Å²) in [7, 11) is 0. The van der Waals surface area contributed by atoms with Crippen LogP contribution < -0.4 is 10.6 Å². The number of carbonyl (C=O) groups excluding carboxylic acids is 1. The summed E-state index contributed by atoms with van der Waals surface area (Å²) in [5.74, 6) is 0.500. The van der Waals surface area contributed by atoms with Crippen molar-refractivity contribution in [1.82, 2.24) is 4.98 Å². The lowest BCUT2D eigenvalue weighted by atomic mass is 10.2. The number of para-hydroxylation sites is 1. The van der Waals surface area contributed by atoms with Crippen LogP contribution in [0.2, 0.25) is 0 Å². The summed E-state index contributed by atoms with van der Waals surface area (Å²) in [4.78, 5) is 16.5. The first-order valence-corrected chi connectivity index (χ1v) is 8.27. The van der Waals surface area contributed by atoms with Crippen LogP contribution in [-0.4, -0.2) is 10.9 Å². The van der Waals surface area contributed by atoms with E-state index in [0.29, 0.717) is 11.4 Å². The highest BCUT2D eigenvalue weighted by Crippen LogP contribution is 2.23. The van der Waals surface area contributed by atoms with Crippen molar-refractivity contribution in [1.29, 1.82) is 0 Å². The third-order valence-corrected chi connectivity index (χ3v) is 4.36. The summed E-state index contributed by atoms with van der Waals surface area (Å²) in [6, 6.07) is 18.9. The Morgan fingerprint density at radius 3 is 2.46 bits per heavy atom. The van der Waals surface area contributed by atoms with Crippen molar-refractivity contribution in [2.75, 3.05) is 10.6 Å². The minimum atomic E-state index is -0.182. The fourth-order valence-electron chi connectivity index (χ4n) is 2.15. The average molecular weight is 382 g/mol. The number of aryl methyl sites for hydroxylation is 1. The van der Waals surface area contributed by atoms with Crippen molar-refractivity contribution in [2.45, 2.75) is 6.92 Å². The first-order chi connectivity index (χ1) is 11.6. The molecular formula is C19H16BrN3O. The second-order valence-corrected chi connectivity index (χ2v) is 6.20. The zero-order chi connectivity index (χ0) is 16.9. The third kappa shape index (κ3) is 4.00. The number of hydrogen-bond acceptors (Lipinski definition) is 3. The Labute approximate surface area is 149 Å². The molecule has 0 aliphatic heterocycles. The number of hydrogen-bond donors (Lipinski definition) is 2. The molecule has 0 unspecified atom stereocenters. The van der Waals surface area contributed by atoms with E-state index in [0.717, 1.165) is 15.8 Å². The zero-order valence-electron chi connectivity index (χ0n) is 13.1. The molecule has 0 radical (unpaired) electrons. The normalized spacial score (nSPS) is 10.2. The van der Waals surface area contributed by atoms with Gasteiger partial charge in [0.15, 0.2) is 0 Å². The molecule has 0 bridgehead atoms. The van der Waals surface area contributed by atoms with Crippen LogP contribution in [0.4, 0.5) is 17.2 Å². The Kier molecular flexibility index (Phi) is 4.91. The topological polar surface area (TPSA) is 54.0 Å². The van der Waals surface area contributed by atoms with Crippen molar-refractivity contribution in [2.24, 2.45) is 0 Å². The van der Waals surface area contributed by atoms with Crippen molar-refractivity contribution in [3.05, 3.63) is 82.5 Å². The number of nitrogens with one attached hydrogen (secondary N) is 2. The molecule has 1 amide bonds. The van der Waals surface area contributed by atoms with Gasteiger partial charge in [-0.15, -0.1) is 0 Å². The van der Waals surface area contributed by atoms with E-state index in [1.165, 1.54) is 5.56 Å². The quantitative estimate of drug-likeness (QED) is 0.656. The van der Waals surface area contributed by atoms with Gasteiger partial charge in [0.2, 0.25) is 0 Å². The molecule has 0 aliphatic rings. The van der Waals surface area contributed by atoms with Crippen LogP contribution in [0.15, 0.2) is 71.3 Å². The van der Waals surface area contributed by atoms with Crippen LogP contribution >= 0.6 is 15.9 Å². The summed E-state index contributed by atoms with van der Waals surface area (Å²) in [5.41, 5.74) is 3.37. The minimum absolute atomic E-state index is 0.182. The average Bonchev–Trinajstić information content (AvgIpc) is 2.60. The van der Waals surface area contributed by atoms with Gasteiger partial charge in [-0.2, -0.15) is 0 Å². The van der Waals surface area contributed by atoms with E-state index in [9.17, 15) is 4.79 Å². The minimum Gasteiger partial charge on any atom is -0.340 e. The Bertz CT molecular complexity index is 848. The van der Waals surface area contributed by atoms with Gasteiger partial charge in [0.25, 0.3) is 5.91 Å². The second kappa shape index (κ2) is 7.27. The molecule has 5 heteroatoms. The lowest BCUT2D eigenvalue weighted by Crippen LogP contribution is -2.12. The smallest absolute Gasteiger partial charge is 0.257 e. The molecule has 0 spiro atoms. The molecule has 3 aromatic rings. The van der Waals surface area contributed by atoms with Crippen LogP contribution in [0.5, 0.6) is 0 Å². The van der Waals surface area contributed by atoms with Gasteiger partial charge in [0, 0.05) is 22.0 Å². The third-order valence-electron chi connectivity index (χ3n) is 3.50. The van der Waals surface area contributed by atoms with Crippen molar-refractivity contribution in [3.63, 3.8) is 0 Å². The van der Waals surface area contributed by atoms with Gasteiger partial charge in [-0.25, -0.2) is 4.98 Å². The predicted octanol–water partition coefficient (Wildman–Crippen LogP) is 5.15. The number of benzene rings is 2. The maximum absolute atomic E-state index is 12.2. The first-order valence-electron chi connectivity index (χ1n) is 7.47. The molecular weight excluding hydrogens is 366 g/mol. The summed E-state index contributed by atoms with van der Waals surface area (Å²) in [6.45, 7) is 2.03. The number of rotatable bonds is 4. The van der Waals surface area contributed by atoms with Crippen LogP contribution in [0.3, 0.4) is 0 Å². The summed E-state index contributed by atoms with van der Waals surface area (Å²) in [5, 5.41) is 6.05. The Hall–Kier alpha value is -2.66.